The van der Waals surface area contributed by atoms with Gasteiger partial charge in [0.25, 0.3) is 5.91 Å². The number of carbonyl (C=O) groups is 1. The summed E-state index contributed by atoms with van der Waals surface area (Å²) in [7, 11) is 1.61. The summed E-state index contributed by atoms with van der Waals surface area (Å²) >= 11 is 0. The highest BCUT2D eigenvalue weighted by Crippen LogP contribution is 2.41. The fourth-order valence-electron chi connectivity index (χ4n) is 2.86. The quantitative estimate of drug-likeness (QED) is 0.221. The topological polar surface area (TPSA) is 90.2 Å². The van der Waals surface area contributed by atoms with Gasteiger partial charge in [0.1, 0.15) is 19.0 Å². The summed E-state index contributed by atoms with van der Waals surface area (Å²) in [6.45, 7) is 4.57. The molecule has 1 heterocycles. The van der Waals surface area contributed by atoms with Gasteiger partial charge in [0.2, 0.25) is 5.75 Å². The van der Waals surface area contributed by atoms with Crippen LogP contribution in [0.4, 0.5) is 0 Å². The largest absolute Gasteiger partial charge is 0.497 e. The van der Waals surface area contributed by atoms with Crippen LogP contribution in [0.2, 0.25) is 0 Å². The van der Waals surface area contributed by atoms with Crippen LogP contribution in [-0.4, -0.2) is 24.8 Å². The molecule has 0 spiro atoms. The van der Waals surface area contributed by atoms with E-state index in [9.17, 15) is 4.79 Å². The molecule has 0 aliphatic rings. The second kappa shape index (κ2) is 10.4. The minimum absolute atomic E-state index is 0.266. The van der Waals surface area contributed by atoms with E-state index in [1.165, 1.54) is 6.08 Å². The Morgan fingerprint density at radius 2 is 1.90 bits per heavy atom. The lowest BCUT2D eigenvalue weighted by molar-refractivity contribution is -0.124. The van der Waals surface area contributed by atoms with Gasteiger partial charge in [-0.05, 0) is 55.8 Å². The molecule has 1 amide bonds. The number of hydrogen-bond donors (Lipinski definition) is 2. The fraction of sp³-hybridized carbons (Fsp3) is 0.208. The molecule has 162 valence electrons. The first-order valence-corrected chi connectivity index (χ1v) is 9.70. The van der Waals surface area contributed by atoms with Crippen LogP contribution in [-0.2, 0) is 11.4 Å². The molecule has 0 atom stereocenters. The molecule has 0 aliphatic heterocycles. The predicted molar refractivity (Wildman–Crippen MR) is 117 cm³/mol. The van der Waals surface area contributed by atoms with Gasteiger partial charge in [-0.3, -0.25) is 10.0 Å². The smallest absolute Gasteiger partial charge is 0.267 e. The number of hydrogen-bond acceptors (Lipinski definition) is 6. The van der Waals surface area contributed by atoms with Crippen LogP contribution in [0.1, 0.15) is 25.0 Å². The number of amides is 1. The number of rotatable bonds is 9. The lowest BCUT2D eigenvalue weighted by Gasteiger charge is -2.16. The molecule has 0 saturated heterocycles. The van der Waals surface area contributed by atoms with Gasteiger partial charge in [-0.2, -0.15) is 0 Å². The predicted octanol–water partition coefficient (Wildman–Crippen LogP) is 4.88. The molecule has 7 nitrogen and oxygen atoms in total. The SMILES string of the molecule is COc1ccc(COc2c(C=CC(=O)NO)cc3ccoc3c2OCC=C(C)C)cc1. The lowest BCUT2D eigenvalue weighted by Crippen LogP contribution is -2.14. The Morgan fingerprint density at radius 1 is 1.13 bits per heavy atom. The number of nitrogens with one attached hydrogen (secondary N) is 1. The lowest BCUT2D eigenvalue weighted by atomic mass is 10.1. The molecule has 0 saturated carbocycles. The van der Waals surface area contributed by atoms with Crippen molar-refractivity contribution in [1.29, 1.82) is 0 Å². The summed E-state index contributed by atoms with van der Waals surface area (Å²) in [4.78, 5) is 11.5. The van der Waals surface area contributed by atoms with E-state index in [1.54, 1.807) is 31.0 Å². The van der Waals surface area contributed by atoms with Crippen molar-refractivity contribution in [2.24, 2.45) is 0 Å². The Morgan fingerprint density at radius 3 is 2.58 bits per heavy atom. The second-order valence-corrected chi connectivity index (χ2v) is 7.00. The van der Waals surface area contributed by atoms with Crippen molar-refractivity contribution in [3.8, 4) is 17.2 Å². The van der Waals surface area contributed by atoms with Gasteiger partial charge in [-0.1, -0.05) is 17.7 Å². The third kappa shape index (κ3) is 5.67. The Balaban J connectivity index is 2.00. The highest BCUT2D eigenvalue weighted by atomic mass is 16.5. The molecular formula is C24H25NO6. The molecule has 0 aliphatic carbocycles. The van der Waals surface area contributed by atoms with E-state index < -0.39 is 5.91 Å². The maximum Gasteiger partial charge on any atom is 0.267 e. The van der Waals surface area contributed by atoms with Crippen LogP contribution in [0, 0.1) is 0 Å². The van der Waals surface area contributed by atoms with Crippen molar-refractivity contribution in [2.45, 2.75) is 20.5 Å². The highest BCUT2D eigenvalue weighted by molar-refractivity contribution is 5.94. The zero-order chi connectivity index (χ0) is 22.2. The molecule has 3 aromatic rings. The minimum Gasteiger partial charge on any atom is -0.497 e. The maximum atomic E-state index is 11.5. The molecule has 31 heavy (non-hydrogen) atoms. The third-order valence-electron chi connectivity index (χ3n) is 4.47. The van der Waals surface area contributed by atoms with Gasteiger partial charge in [0, 0.05) is 17.0 Å². The summed E-state index contributed by atoms with van der Waals surface area (Å²) in [6.07, 6.45) is 6.28. The zero-order valence-corrected chi connectivity index (χ0v) is 17.7. The highest BCUT2D eigenvalue weighted by Gasteiger charge is 2.18. The molecule has 0 unspecified atom stereocenters. The molecule has 0 fully saturated rings. The van der Waals surface area contributed by atoms with Crippen LogP contribution in [0.25, 0.3) is 17.0 Å². The minimum atomic E-state index is -0.652. The third-order valence-corrected chi connectivity index (χ3v) is 4.47. The van der Waals surface area contributed by atoms with Gasteiger partial charge < -0.3 is 18.6 Å². The van der Waals surface area contributed by atoms with Crippen molar-refractivity contribution >= 4 is 23.0 Å². The molecule has 0 bridgehead atoms. The van der Waals surface area contributed by atoms with E-state index in [2.05, 4.69) is 0 Å². The van der Waals surface area contributed by atoms with Crippen molar-refractivity contribution in [2.75, 3.05) is 13.7 Å². The monoisotopic (exact) mass is 423 g/mol. The number of ether oxygens (including phenoxy) is 3. The number of allylic oxidation sites excluding steroid dienone is 1. The van der Waals surface area contributed by atoms with E-state index in [0.29, 0.717) is 29.3 Å². The first-order chi connectivity index (χ1) is 15.0. The zero-order valence-electron chi connectivity index (χ0n) is 17.7. The van der Waals surface area contributed by atoms with E-state index in [0.717, 1.165) is 22.3 Å². The summed E-state index contributed by atoms with van der Waals surface area (Å²) in [5.41, 5.74) is 4.79. The molecule has 1 aromatic heterocycles. The van der Waals surface area contributed by atoms with Crippen molar-refractivity contribution < 1.29 is 28.6 Å². The Kier molecular flexibility index (Phi) is 7.35. The number of carbonyl (C=O) groups excluding carboxylic acids is 1. The van der Waals surface area contributed by atoms with Gasteiger partial charge in [0.05, 0.1) is 13.4 Å². The maximum absolute atomic E-state index is 11.5. The molecule has 0 radical (unpaired) electrons. The molecular weight excluding hydrogens is 398 g/mol. The first-order valence-electron chi connectivity index (χ1n) is 9.70. The summed E-state index contributed by atoms with van der Waals surface area (Å²) in [5.74, 6) is 0.977. The summed E-state index contributed by atoms with van der Waals surface area (Å²) < 4.78 is 23.0. The standard InChI is InChI=1S/C24H25NO6/c1-16(2)10-12-30-24-22-19(11-13-29-22)14-18(6-9-21(26)25-27)23(24)31-15-17-4-7-20(28-3)8-5-17/h4-11,13-14,27H,12,15H2,1-3H3,(H,25,26). The van der Waals surface area contributed by atoms with Gasteiger partial charge in [-0.15, -0.1) is 0 Å². The van der Waals surface area contributed by atoms with E-state index in [1.807, 2.05) is 50.3 Å². The summed E-state index contributed by atoms with van der Waals surface area (Å²) in [6, 6.07) is 11.2. The molecule has 2 aromatic carbocycles. The van der Waals surface area contributed by atoms with E-state index in [4.69, 9.17) is 23.8 Å². The van der Waals surface area contributed by atoms with E-state index >= 15 is 0 Å². The van der Waals surface area contributed by atoms with Crippen LogP contribution in [0.5, 0.6) is 17.2 Å². The number of methoxy groups -OCH3 is 1. The number of furan rings is 1. The summed E-state index contributed by atoms with van der Waals surface area (Å²) in [5, 5.41) is 9.60. The second-order valence-electron chi connectivity index (χ2n) is 7.00. The molecule has 2 N–H and O–H groups in total. The Labute approximate surface area is 180 Å². The normalized spacial score (nSPS) is 10.8. The van der Waals surface area contributed by atoms with E-state index in [-0.39, 0.29) is 6.61 Å². The van der Waals surface area contributed by atoms with Gasteiger partial charge >= 0.3 is 0 Å². The Hall–Kier alpha value is -3.71. The molecule has 7 heteroatoms. The molecule has 3 rings (SSSR count). The number of hydroxylamine groups is 1. The van der Waals surface area contributed by atoms with Crippen molar-refractivity contribution in [3.63, 3.8) is 0 Å². The fourth-order valence-corrected chi connectivity index (χ4v) is 2.86. The Bertz CT molecular complexity index is 1090. The van der Waals surface area contributed by atoms with Gasteiger partial charge in [-0.25, -0.2) is 5.48 Å². The van der Waals surface area contributed by atoms with Crippen LogP contribution >= 0.6 is 0 Å². The number of fused-ring (bicyclic) bond motifs is 1. The van der Waals surface area contributed by atoms with Crippen LogP contribution < -0.4 is 19.7 Å². The van der Waals surface area contributed by atoms with Crippen molar-refractivity contribution in [1.82, 2.24) is 5.48 Å². The number of benzene rings is 2. The average Bonchev–Trinajstić information content (AvgIpc) is 3.25. The van der Waals surface area contributed by atoms with Crippen molar-refractivity contribution in [3.05, 3.63) is 71.5 Å². The van der Waals surface area contributed by atoms with Crippen LogP contribution in [0.15, 0.2) is 64.8 Å². The van der Waals surface area contributed by atoms with Crippen LogP contribution in [0.3, 0.4) is 0 Å². The first kappa shape index (κ1) is 22.0. The average molecular weight is 423 g/mol. The van der Waals surface area contributed by atoms with Gasteiger partial charge in [0.15, 0.2) is 11.3 Å².